The zero-order chi connectivity index (χ0) is 15.1. The van der Waals surface area contributed by atoms with Crippen molar-refractivity contribution in [2.75, 3.05) is 32.7 Å². The van der Waals surface area contributed by atoms with E-state index in [9.17, 15) is 0 Å². The Morgan fingerprint density at radius 3 is 2.19 bits per heavy atom. The molecule has 1 saturated heterocycles. The van der Waals surface area contributed by atoms with Crippen LogP contribution in [0.3, 0.4) is 0 Å². The summed E-state index contributed by atoms with van der Waals surface area (Å²) in [5.74, 6) is 2.02. The molecule has 0 bridgehead atoms. The van der Waals surface area contributed by atoms with E-state index in [2.05, 4.69) is 30.6 Å². The van der Waals surface area contributed by atoms with Crippen LogP contribution in [0.5, 0.6) is 0 Å². The second-order valence-electron chi connectivity index (χ2n) is 8.77. The Labute approximate surface area is 131 Å². The summed E-state index contributed by atoms with van der Waals surface area (Å²) in [6.45, 7) is 12.7. The summed E-state index contributed by atoms with van der Waals surface area (Å²) in [6, 6.07) is 0. The molecule has 1 heterocycles. The Balaban J connectivity index is 1.63. The summed E-state index contributed by atoms with van der Waals surface area (Å²) < 4.78 is 0. The number of piperazine rings is 1. The van der Waals surface area contributed by atoms with Crippen LogP contribution in [0, 0.1) is 11.8 Å². The van der Waals surface area contributed by atoms with Crippen LogP contribution in [0.25, 0.3) is 0 Å². The number of nitrogens with two attached hydrogens (primary N) is 1. The van der Waals surface area contributed by atoms with E-state index in [0.29, 0.717) is 11.1 Å². The predicted molar refractivity (Wildman–Crippen MR) is 89.4 cm³/mol. The Hall–Kier alpha value is -0.120. The van der Waals surface area contributed by atoms with Crippen molar-refractivity contribution in [1.29, 1.82) is 0 Å². The molecule has 0 aromatic rings. The van der Waals surface area contributed by atoms with E-state index in [-0.39, 0.29) is 0 Å². The van der Waals surface area contributed by atoms with Gasteiger partial charge in [0.05, 0.1) is 0 Å². The fourth-order valence-corrected chi connectivity index (χ4v) is 4.81. The van der Waals surface area contributed by atoms with E-state index >= 15 is 0 Å². The molecule has 2 aliphatic carbocycles. The lowest BCUT2D eigenvalue weighted by molar-refractivity contribution is -0.0243. The third kappa shape index (κ3) is 3.30. The molecule has 1 aliphatic heterocycles. The van der Waals surface area contributed by atoms with Gasteiger partial charge in [-0.1, -0.05) is 12.8 Å². The smallest absolute Gasteiger partial charge is 0.0335 e. The average Bonchev–Trinajstić information content (AvgIpc) is 3.31. The van der Waals surface area contributed by atoms with Gasteiger partial charge in [0.1, 0.15) is 0 Å². The molecule has 2 unspecified atom stereocenters. The average molecular weight is 293 g/mol. The van der Waals surface area contributed by atoms with Crippen molar-refractivity contribution < 1.29 is 0 Å². The van der Waals surface area contributed by atoms with Crippen LogP contribution < -0.4 is 5.73 Å². The van der Waals surface area contributed by atoms with Crippen LogP contribution in [0.15, 0.2) is 0 Å². The Kier molecular flexibility index (Phi) is 4.37. The molecule has 0 aromatic heterocycles. The van der Waals surface area contributed by atoms with Crippen molar-refractivity contribution in [2.45, 2.75) is 70.4 Å². The van der Waals surface area contributed by atoms with E-state index in [1.165, 1.54) is 64.7 Å². The first-order valence-corrected chi connectivity index (χ1v) is 9.15. The summed E-state index contributed by atoms with van der Waals surface area (Å²) in [5.41, 5.74) is 6.96. The zero-order valence-electron chi connectivity index (χ0n) is 14.4. The van der Waals surface area contributed by atoms with E-state index in [1.54, 1.807) is 0 Å². The highest BCUT2D eigenvalue weighted by Gasteiger charge is 2.45. The van der Waals surface area contributed by atoms with Crippen LogP contribution >= 0.6 is 0 Å². The summed E-state index contributed by atoms with van der Waals surface area (Å²) >= 11 is 0. The van der Waals surface area contributed by atoms with Gasteiger partial charge in [-0.15, -0.1) is 0 Å². The predicted octanol–water partition coefficient (Wildman–Crippen LogP) is 2.70. The lowest BCUT2D eigenvalue weighted by Gasteiger charge is -2.53. The summed E-state index contributed by atoms with van der Waals surface area (Å²) in [4.78, 5) is 5.40. The maximum absolute atomic E-state index is 6.32. The molecule has 21 heavy (non-hydrogen) atoms. The van der Waals surface area contributed by atoms with Crippen LogP contribution in [0.1, 0.15) is 59.3 Å². The van der Waals surface area contributed by atoms with Crippen LogP contribution in [-0.4, -0.2) is 53.6 Å². The molecule has 122 valence electrons. The second kappa shape index (κ2) is 5.82. The molecule has 3 aliphatic rings. The lowest BCUT2D eigenvalue weighted by Crippen LogP contribution is -2.63. The van der Waals surface area contributed by atoms with Crippen LogP contribution in [0.4, 0.5) is 0 Å². The monoisotopic (exact) mass is 293 g/mol. The highest BCUT2D eigenvalue weighted by atomic mass is 15.3. The summed E-state index contributed by atoms with van der Waals surface area (Å²) in [7, 11) is 0. The van der Waals surface area contributed by atoms with Crippen molar-refractivity contribution in [3.63, 3.8) is 0 Å². The van der Waals surface area contributed by atoms with Gasteiger partial charge in [-0.3, -0.25) is 9.80 Å². The minimum atomic E-state index is 0.311. The molecule has 3 heteroatoms. The minimum absolute atomic E-state index is 0.311. The third-order valence-electron chi connectivity index (χ3n) is 6.43. The fraction of sp³-hybridized carbons (Fsp3) is 1.00. The highest BCUT2D eigenvalue weighted by molar-refractivity contribution is 5.01. The van der Waals surface area contributed by atoms with Crippen molar-refractivity contribution in [1.82, 2.24) is 9.80 Å². The Morgan fingerprint density at radius 2 is 1.67 bits per heavy atom. The molecule has 3 nitrogen and oxygen atoms in total. The molecule has 2 atom stereocenters. The number of hydrogen-bond donors (Lipinski definition) is 1. The quantitative estimate of drug-likeness (QED) is 0.868. The number of rotatable bonds is 3. The molecular weight excluding hydrogens is 258 g/mol. The third-order valence-corrected chi connectivity index (χ3v) is 6.43. The molecule has 0 spiro atoms. The maximum Gasteiger partial charge on any atom is 0.0335 e. The first kappa shape index (κ1) is 15.8. The van der Waals surface area contributed by atoms with Crippen molar-refractivity contribution in [2.24, 2.45) is 17.6 Å². The summed E-state index contributed by atoms with van der Waals surface area (Å²) in [5, 5.41) is 0. The SMILES string of the molecule is CC(C)(C)N1CCN(C2(CN)CCCC(C3CC3)C2)CC1. The largest absolute Gasteiger partial charge is 0.329 e. The normalized spacial score (nSPS) is 36.9. The van der Waals surface area contributed by atoms with E-state index in [4.69, 9.17) is 5.73 Å². The second-order valence-corrected chi connectivity index (χ2v) is 8.77. The van der Waals surface area contributed by atoms with E-state index in [1.807, 2.05) is 0 Å². The fourth-order valence-electron chi connectivity index (χ4n) is 4.81. The van der Waals surface area contributed by atoms with E-state index in [0.717, 1.165) is 18.4 Å². The van der Waals surface area contributed by atoms with Crippen molar-refractivity contribution >= 4 is 0 Å². The first-order valence-electron chi connectivity index (χ1n) is 9.15. The molecule has 0 amide bonds. The molecule has 0 radical (unpaired) electrons. The maximum atomic E-state index is 6.32. The molecule has 0 aromatic carbocycles. The molecular formula is C18H35N3. The van der Waals surface area contributed by atoms with Gasteiger partial charge in [0.25, 0.3) is 0 Å². The number of nitrogens with zero attached hydrogens (tertiary/aromatic N) is 2. The van der Waals surface area contributed by atoms with Crippen LogP contribution in [0.2, 0.25) is 0 Å². The lowest BCUT2D eigenvalue weighted by atomic mass is 9.72. The standard InChI is InChI=1S/C18H35N3/c1-17(2,3)20-9-11-21(12-10-20)18(14-19)8-4-5-16(13-18)15-6-7-15/h15-16H,4-14,19H2,1-3H3. The molecule has 3 fully saturated rings. The van der Waals surface area contributed by atoms with Gasteiger partial charge in [0.2, 0.25) is 0 Å². The van der Waals surface area contributed by atoms with Gasteiger partial charge in [-0.25, -0.2) is 0 Å². The molecule has 3 rings (SSSR count). The van der Waals surface area contributed by atoms with Crippen molar-refractivity contribution in [3.8, 4) is 0 Å². The van der Waals surface area contributed by atoms with Gasteiger partial charge < -0.3 is 5.73 Å². The number of hydrogen-bond acceptors (Lipinski definition) is 3. The Bertz CT molecular complexity index is 350. The minimum Gasteiger partial charge on any atom is -0.329 e. The highest BCUT2D eigenvalue weighted by Crippen LogP contribution is 2.48. The van der Waals surface area contributed by atoms with E-state index < -0.39 is 0 Å². The van der Waals surface area contributed by atoms with Crippen molar-refractivity contribution in [3.05, 3.63) is 0 Å². The molecule has 2 N–H and O–H groups in total. The molecule has 2 saturated carbocycles. The Morgan fingerprint density at radius 1 is 1.00 bits per heavy atom. The van der Waals surface area contributed by atoms with Gasteiger partial charge in [-0.2, -0.15) is 0 Å². The van der Waals surface area contributed by atoms with Gasteiger partial charge in [0.15, 0.2) is 0 Å². The van der Waals surface area contributed by atoms with Gasteiger partial charge >= 0.3 is 0 Å². The van der Waals surface area contributed by atoms with Gasteiger partial charge in [-0.05, 0) is 58.3 Å². The zero-order valence-corrected chi connectivity index (χ0v) is 14.4. The first-order chi connectivity index (χ1) is 9.94. The van der Waals surface area contributed by atoms with Gasteiger partial charge in [0, 0.05) is 43.8 Å². The van der Waals surface area contributed by atoms with Crippen LogP contribution in [-0.2, 0) is 0 Å². The topological polar surface area (TPSA) is 32.5 Å². The summed E-state index contributed by atoms with van der Waals surface area (Å²) in [6.07, 6.45) is 8.56.